The number of carbonyl (C=O) groups excluding carboxylic acids is 1. The highest BCUT2D eigenvalue weighted by Gasteiger charge is 2.34. The summed E-state index contributed by atoms with van der Waals surface area (Å²) in [7, 11) is 0. The van der Waals surface area contributed by atoms with Crippen LogP contribution in [0.1, 0.15) is 22.8 Å². The number of nitrogens with one attached hydrogen (secondary N) is 1. The van der Waals surface area contributed by atoms with E-state index in [0.29, 0.717) is 5.56 Å². The van der Waals surface area contributed by atoms with Crippen molar-refractivity contribution >= 4 is 5.91 Å². The third kappa shape index (κ3) is 4.03. The summed E-state index contributed by atoms with van der Waals surface area (Å²) in [6.07, 6.45) is -1.85. The molecule has 1 aromatic carbocycles. The van der Waals surface area contributed by atoms with E-state index in [1.165, 1.54) is 36.8 Å². The lowest BCUT2D eigenvalue weighted by atomic mass is 10.2. The Morgan fingerprint density at radius 3 is 2.68 bits per heavy atom. The van der Waals surface area contributed by atoms with Crippen molar-refractivity contribution in [3.8, 4) is 5.75 Å². The molecule has 0 radical (unpaired) electrons. The highest BCUT2D eigenvalue weighted by molar-refractivity contribution is 5.93. The van der Waals surface area contributed by atoms with Gasteiger partial charge in [-0.25, -0.2) is 0 Å². The van der Waals surface area contributed by atoms with Crippen molar-refractivity contribution in [2.45, 2.75) is 19.1 Å². The summed E-state index contributed by atoms with van der Waals surface area (Å²) >= 11 is 0. The molecule has 118 valence electrons. The van der Waals surface area contributed by atoms with Crippen LogP contribution in [0.15, 0.2) is 47.3 Å². The van der Waals surface area contributed by atoms with Gasteiger partial charge in [0.25, 0.3) is 5.91 Å². The van der Waals surface area contributed by atoms with Crippen LogP contribution in [0.25, 0.3) is 0 Å². The number of hydrogen-bond acceptors (Lipinski definition) is 3. The first-order chi connectivity index (χ1) is 10.4. The Morgan fingerprint density at radius 1 is 1.32 bits per heavy atom. The number of amides is 1. The number of benzene rings is 1. The van der Waals surface area contributed by atoms with Gasteiger partial charge in [0.05, 0.1) is 23.4 Å². The summed E-state index contributed by atoms with van der Waals surface area (Å²) in [6.45, 7) is 1.55. The molecule has 0 bridgehead atoms. The average molecular weight is 313 g/mol. The third-order valence-corrected chi connectivity index (χ3v) is 2.84. The number of hydrogen-bond donors (Lipinski definition) is 1. The summed E-state index contributed by atoms with van der Waals surface area (Å²) in [6, 6.07) is 5.96. The van der Waals surface area contributed by atoms with E-state index in [-0.39, 0.29) is 18.3 Å². The Bertz CT molecular complexity index is 623. The van der Waals surface area contributed by atoms with Crippen LogP contribution in [0.2, 0.25) is 0 Å². The molecule has 1 aromatic heterocycles. The number of ether oxygens (including phenoxy) is 1. The normalized spacial score (nSPS) is 12.7. The SMILES string of the molecule is C[C@H](COc1ccccc1C(F)(F)F)NC(=O)c1ccoc1. The van der Waals surface area contributed by atoms with E-state index in [1.807, 2.05) is 0 Å². The molecule has 0 aliphatic carbocycles. The van der Waals surface area contributed by atoms with Gasteiger partial charge in [-0.15, -0.1) is 0 Å². The number of para-hydroxylation sites is 1. The summed E-state index contributed by atoms with van der Waals surface area (Å²) < 4.78 is 48.4. The van der Waals surface area contributed by atoms with Crippen molar-refractivity contribution in [3.05, 3.63) is 54.0 Å². The van der Waals surface area contributed by atoms with E-state index >= 15 is 0 Å². The van der Waals surface area contributed by atoms with Crippen LogP contribution in [0.3, 0.4) is 0 Å². The van der Waals surface area contributed by atoms with Crippen molar-refractivity contribution in [2.24, 2.45) is 0 Å². The van der Waals surface area contributed by atoms with E-state index < -0.39 is 17.8 Å². The second-order valence-electron chi connectivity index (χ2n) is 4.69. The van der Waals surface area contributed by atoms with Crippen LogP contribution >= 0.6 is 0 Å². The van der Waals surface area contributed by atoms with Crippen LogP contribution in [-0.4, -0.2) is 18.6 Å². The lowest BCUT2D eigenvalue weighted by Crippen LogP contribution is -2.36. The third-order valence-electron chi connectivity index (χ3n) is 2.84. The maximum atomic E-state index is 12.8. The first kappa shape index (κ1) is 15.9. The summed E-state index contributed by atoms with van der Waals surface area (Å²) in [5.74, 6) is -0.645. The molecule has 22 heavy (non-hydrogen) atoms. The largest absolute Gasteiger partial charge is 0.491 e. The van der Waals surface area contributed by atoms with Gasteiger partial charge in [0, 0.05) is 0 Å². The Labute approximate surface area is 124 Å². The zero-order valence-corrected chi connectivity index (χ0v) is 11.7. The van der Waals surface area contributed by atoms with Crippen LogP contribution < -0.4 is 10.1 Å². The Balaban J connectivity index is 1.94. The molecule has 2 aromatic rings. The molecule has 0 spiro atoms. The quantitative estimate of drug-likeness (QED) is 0.919. The molecule has 0 saturated heterocycles. The van der Waals surface area contributed by atoms with E-state index in [4.69, 9.17) is 9.15 Å². The minimum absolute atomic E-state index is 0.0866. The molecule has 1 atom stereocenters. The molecule has 1 heterocycles. The summed E-state index contributed by atoms with van der Waals surface area (Å²) in [5, 5.41) is 2.61. The van der Waals surface area contributed by atoms with Gasteiger partial charge in [0.15, 0.2) is 0 Å². The fourth-order valence-electron chi connectivity index (χ4n) is 1.78. The fourth-order valence-corrected chi connectivity index (χ4v) is 1.78. The van der Waals surface area contributed by atoms with Crippen LogP contribution in [0, 0.1) is 0 Å². The lowest BCUT2D eigenvalue weighted by molar-refractivity contribution is -0.139. The topological polar surface area (TPSA) is 51.5 Å². The van der Waals surface area contributed by atoms with Gasteiger partial charge in [-0.2, -0.15) is 13.2 Å². The number of alkyl halides is 3. The molecule has 1 amide bonds. The predicted molar refractivity (Wildman–Crippen MR) is 72.6 cm³/mol. The minimum Gasteiger partial charge on any atom is -0.491 e. The summed E-state index contributed by atoms with van der Waals surface area (Å²) in [4.78, 5) is 11.7. The molecule has 1 N–H and O–H groups in total. The molecule has 0 fully saturated rings. The van der Waals surface area contributed by atoms with Crippen molar-refractivity contribution in [1.82, 2.24) is 5.32 Å². The molecule has 4 nitrogen and oxygen atoms in total. The van der Waals surface area contributed by atoms with Gasteiger partial charge >= 0.3 is 6.18 Å². The zero-order valence-electron chi connectivity index (χ0n) is 11.7. The van der Waals surface area contributed by atoms with Crippen LogP contribution in [0.5, 0.6) is 5.75 Å². The zero-order chi connectivity index (χ0) is 16.2. The van der Waals surface area contributed by atoms with E-state index in [0.717, 1.165) is 6.07 Å². The average Bonchev–Trinajstić information content (AvgIpc) is 2.98. The maximum Gasteiger partial charge on any atom is 0.419 e. The van der Waals surface area contributed by atoms with Crippen molar-refractivity contribution < 1.29 is 27.1 Å². The Kier molecular flexibility index (Phi) is 4.75. The molecule has 0 saturated carbocycles. The predicted octanol–water partition coefficient (Wildman–Crippen LogP) is 3.50. The van der Waals surface area contributed by atoms with E-state index in [1.54, 1.807) is 6.92 Å². The molecular formula is C15H14F3NO3. The summed E-state index contributed by atoms with van der Waals surface area (Å²) in [5.41, 5.74) is -0.508. The van der Waals surface area contributed by atoms with Crippen molar-refractivity contribution in [3.63, 3.8) is 0 Å². The Morgan fingerprint density at radius 2 is 2.05 bits per heavy atom. The van der Waals surface area contributed by atoms with Gasteiger partial charge in [-0.1, -0.05) is 12.1 Å². The highest BCUT2D eigenvalue weighted by Crippen LogP contribution is 2.35. The number of rotatable bonds is 5. The smallest absolute Gasteiger partial charge is 0.419 e. The number of carbonyl (C=O) groups is 1. The molecule has 7 heteroatoms. The number of halogens is 3. The first-order valence-electron chi connectivity index (χ1n) is 6.50. The second kappa shape index (κ2) is 6.55. The van der Waals surface area contributed by atoms with Crippen molar-refractivity contribution in [2.75, 3.05) is 6.61 Å². The van der Waals surface area contributed by atoms with Crippen LogP contribution in [0.4, 0.5) is 13.2 Å². The minimum atomic E-state index is -4.49. The molecule has 0 unspecified atom stereocenters. The van der Waals surface area contributed by atoms with Gasteiger partial charge in [0.1, 0.15) is 18.6 Å². The van der Waals surface area contributed by atoms with Crippen LogP contribution in [-0.2, 0) is 6.18 Å². The van der Waals surface area contributed by atoms with Crippen molar-refractivity contribution in [1.29, 1.82) is 0 Å². The van der Waals surface area contributed by atoms with Gasteiger partial charge < -0.3 is 14.5 Å². The standard InChI is InChI=1S/C15H14F3NO3/c1-10(19-14(20)11-6-7-21-9-11)8-22-13-5-3-2-4-12(13)15(16,17)18/h2-7,9-10H,8H2,1H3,(H,19,20)/t10-/m1/s1. The monoisotopic (exact) mass is 313 g/mol. The van der Waals surface area contributed by atoms with Gasteiger partial charge in [-0.05, 0) is 25.1 Å². The highest BCUT2D eigenvalue weighted by atomic mass is 19.4. The molecule has 0 aliphatic heterocycles. The lowest BCUT2D eigenvalue weighted by Gasteiger charge is -2.17. The number of furan rings is 1. The molecule has 0 aliphatic rings. The second-order valence-corrected chi connectivity index (χ2v) is 4.69. The first-order valence-corrected chi connectivity index (χ1v) is 6.50. The van der Waals surface area contributed by atoms with E-state index in [2.05, 4.69) is 5.32 Å². The Hall–Kier alpha value is -2.44. The molecular weight excluding hydrogens is 299 g/mol. The van der Waals surface area contributed by atoms with Gasteiger partial charge in [-0.3, -0.25) is 4.79 Å². The maximum absolute atomic E-state index is 12.8. The van der Waals surface area contributed by atoms with E-state index in [9.17, 15) is 18.0 Å². The fraction of sp³-hybridized carbons (Fsp3) is 0.267. The molecule has 2 rings (SSSR count). The van der Waals surface area contributed by atoms with Gasteiger partial charge in [0.2, 0.25) is 0 Å².